The highest BCUT2D eigenvalue weighted by atomic mass is 79.9. The van der Waals surface area contributed by atoms with Crippen molar-refractivity contribution in [3.05, 3.63) is 45.2 Å². The molecule has 3 aliphatic rings. The summed E-state index contributed by atoms with van der Waals surface area (Å²) in [5, 5.41) is 0.344. The number of ether oxygens (including phenoxy) is 1. The molecule has 0 aromatic heterocycles. The normalized spacial score (nSPS) is 29.6. The summed E-state index contributed by atoms with van der Waals surface area (Å²) in [6.45, 7) is 7.02. The predicted molar refractivity (Wildman–Crippen MR) is 110 cm³/mol. The lowest BCUT2D eigenvalue weighted by molar-refractivity contribution is -0.0149. The second kappa shape index (κ2) is 8.96. The van der Waals surface area contributed by atoms with Crippen LogP contribution in [0, 0.1) is 0 Å². The van der Waals surface area contributed by atoms with E-state index in [1.165, 1.54) is 12.8 Å². The van der Waals surface area contributed by atoms with E-state index in [0.29, 0.717) is 28.4 Å². The lowest BCUT2D eigenvalue weighted by Gasteiger charge is -2.34. The largest absolute Gasteiger partial charge is 0.378 e. The van der Waals surface area contributed by atoms with Crippen LogP contribution in [0.15, 0.2) is 50.2 Å². The Morgan fingerprint density at radius 2 is 2.12 bits per heavy atom. The van der Waals surface area contributed by atoms with Gasteiger partial charge >= 0.3 is 0 Å². The van der Waals surface area contributed by atoms with E-state index >= 15 is 0 Å². The zero-order valence-electron chi connectivity index (χ0n) is 15.1. The molecule has 2 heterocycles. The third-order valence-corrected chi connectivity index (χ3v) is 6.61. The van der Waals surface area contributed by atoms with Gasteiger partial charge in [0.25, 0.3) is 0 Å². The summed E-state index contributed by atoms with van der Waals surface area (Å²) in [4.78, 5) is 6.67. The molecule has 0 aromatic rings. The SMILES string of the molecule is C=C(/C=C1/C=C(Cl)C(Br)=C(F)/C1=N/C)CCCCN1C2CCC1COC2. The Morgan fingerprint density at radius 3 is 2.77 bits per heavy atom. The van der Waals surface area contributed by atoms with Crippen molar-refractivity contribution in [1.29, 1.82) is 0 Å². The number of rotatable bonds is 6. The molecule has 1 aliphatic carbocycles. The first-order valence-electron chi connectivity index (χ1n) is 9.14. The predicted octanol–water partition coefficient (Wildman–Crippen LogP) is 5.29. The molecule has 0 amide bonds. The Kier molecular flexibility index (Phi) is 6.89. The highest BCUT2D eigenvalue weighted by molar-refractivity contribution is 9.12. The van der Waals surface area contributed by atoms with E-state index in [-0.39, 0.29) is 4.48 Å². The van der Waals surface area contributed by atoms with Gasteiger partial charge < -0.3 is 4.74 Å². The fourth-order valence-corrected chi connectivity index (χ4v) is 4.46. The molecular formula is C20H25BrClFN2O. The van der Waals surface area contributed by atoms with Gasteiger partial charge in [0.2, 0.25) is 0 Å². The molecule has 0 spiro atoms. The third kappa shape index (κ3) is 4.38. The van der Waals surface area contributed by atoms with Crippen LogP contribution in [-0.4, -0.2) is 49.5 Å². The van der Waals surface area contributed by atoms with Crippen LogP contribution in [0.5, 0.6) is 0 Å². The van der Waals surface area contributed by atoms with Gasteiger partial charge in [0.1, 0.15) is 5.71 Å². The van der Waals surface area contributed by atoms with Gasteiger partial charge in [-0.15, -0.1) is 0 Å². The topological polar surface area (TPSA) is 24.8 Å². The zero-order valence-corrected chi connectivity index (χ0v) is 17.5. The van der Waals surface area contributed by atoms with E-state index < -0.39 is 5.83 Å². The van der Waals surface area contributed by atoms with Crippen LogP contribution in [0.4, 0.5) is 4.39 Å². The van der Waals surface area contributed by atoms with E-state index in [9.17, 15) is 4.39 Å². The molecule has 6 heteroatoms. The number of fused-ring (bicyclic) bond motifs is 2. The Balaban J connectivity index is 1.50. The minimum absolute atomic E-state index is 0.252. The Morgan fingerprint density at radius 1 is 1.42 bits per heavy atom. The molecule has 2 saturated heterocycles. The van der Waals surface area contributed by atoms with Crippen molar-refractivity contribution in [3.63, 3.8) is 0 Å². The van der Waals surface area contributed by atoms with E-state index in [1.807, 2.05) is 6.08 Å². The quantitative estimate of drug-likeness (QED) is 0.521. The van der Waals surface area contributed by atoms with Gasteiger partial charge in [0.15, 0.2) is 5.83 Å². The number of hydrogen-bond acceptors (Lipinski definition) is 3. The number of unbranched alkanes of at least 4 members (excludes halogenated alkanes) is 1. The second-order valence-electron chi connectivity index (χ2n) is 7.07. The van der Waals surface area contributed by atoms with Crippen LogP contribution >= 0.6 is 27.5 Å². The van der Waals surface area contributed by atoms with Gasteiger partial charge in [0.05, 0.1) is 22.7 Å². The summed E-state index contributed by atoms with van der Waals surface area (Å²) in [7, 11) is 1.58. The number of aliphatic imine (C=N–C) groups is 1. The molecule has 3 nitrogen and oxygen atoms in total. The number of morpholine rings is 1. The molecule has 0 N–H and O–H groups in total. The minimum Gasteiger partial charge on any atom is -0.378 e. The second-order valence-corrected chi connectivity index (χ2v) is 8.27. The molecule has 0 radical (unpaired) electrons. The van der Waals surface area contributed by atoms with Gasteiger partial charge in [0, 0.05) is 24.7 Å². The number of hydrogen-bond donors (Lipinski definition) is 0. The average Bonchev–Trinajstić information content (AvgIpc) is 2.83. The van der Waals surface area contributed by atoms with Crippen molar-refractivity contribution in [2.75, 3.05) is 26.8 Å². The van der Waals surface area contributed by atoms with Crippen molar-refractivity contribution in [2.24, 2.45) is 4.99 Å². The average molecular weight is 444 g/mol. The molecule has 2 atom stereocenters. The van der Waals surface area contributed by atoms with Crippen LogP contribution in [0.1, 0.15) is 32.1 Å². The van der Waals surface area contributed by atoms with Crippen LogP contribution in [-0.2, 0) is 4.74 Å². The molecule has 3 rings (SSSR count). The monoisotopic (exact) mass is 442 g/mol. The molecule has 2 bridgehead atoms. The fourth-order valence-electron chi connectivity index (χ4n) is 3.96. The van der Waals surface area contributed by atoms with Gasteiger partial charge in [-0.25, -0.2) is 4.39 Å². The summed E-state index contributed by atoms with van der Waals surface area (Å²) < 4.78 is 20.2. The van der Waals surface area contributed by atoms with Crippen LogP contribution in [0.3, 0.4) is 0 Å². The van der Waals surface area contributed by atoms with Crippen molar-refractivity contribution >= 4 is 33.2 Å². The Hall–Kier alpha value is -0.750. The standard InChI is InChI=1S/C20H25BrClFN2O/c1-13(9-14-10-17(22)18(21)19(23)20(14)24-2)5-3-4-8-25-15-6-7-16(25)12-26-11-15/h9-10,15-16H,1,3-8,11-12H2,2H3/b14-9-,24-20+. The van der Waals surface area contributed by atoms with E-state index in [0.717, 1.165) is 44.6 Å². The van der Waals surface area contributed by atoms with Crippen molar-refractivity contribution < 1.29 is 9.13 Å². The molecule has 2 fully saturated rings. The zero-order chi connectivity index (χ0) is 18.7. The van der Waals surface area contributed by atoms with Gasteiger partial charge in [-0.2, -0.15) is 0 Å². The molecule has 2 aliphatic heterocycles. The summed E-state index contributed by atoms with van der Waals surface area (Å²) in [5.74, 6) is -0.429. The highest BCUT2D eigenvalue weighted by Gasteiger charge is 2.36. The lowest BCUT2D eigenvalue weighted by atomic mass is 9.99. The minimum atomic E-state index is -0.429. The summed E-state index contributed by atoms with van der Waals surface area (Å²) >= 11 is 9.24. The Bertz CT molecular complexity index is 682. The molecule has 0 saturated carbocycles. The highest BCUT2D eigenvalue weighted by Crippen LogP contribution is 2.34. The first-order chi connectivity index (χ1) is 12.5. The number of halogens is 3. The van der Waals surface area contributed by atoms with E-state index in [1.54, 1.807) is 13.1 Å². The maximum atomic E-state index is 14.3. The number of nitrogens with zero attached hydrogens (tertiary/aromatic N) is 2. The van der Waals surface area contributed by atoms with Crippen molar-refractivity contribution in [3.8, 4) is 0 Å². The molecular weight excluding hydrogens is 419 g/mol. The molecule has 2 unspecified atom stereocenters. The molecule has 26 heavy (non-hydrogen) atoms. The molecule has 0 aromatic carbocycles. The summed E-state index contributed by atoms with van der Waals surface area (Å²) in [6, 6.07) is 1.23. The van der Waals surface area contributed by atoms with Gasteiger partial charge in [-0.3, -0.25) is 9.89 Å². The van der Waals surface area contributed by atoms with Crippen molar-refractivity contribution in [1.82, 2.24) is 4.90 Å². The maximum absolute atomic E-state index is 14.3. The Labute approximate surface area is 168 Å². The summed E-state index contributed by atoms with van der Waals surface area (Å²) in [6.07, 6.45) is 9.25. The third-order valence-electron chi connectivity index (χ3n) is 5.31. The maximum Gasteiger partial charge on any atom is 0.164 e. The van der Waals surface area contributed by atoms with E-state index in [2.05, 4.69) is 32.4 Å². The van der Waals surface area contributed by atoms with E-state index in [4.69, 9.17) is 16.3 Å². The smallest absolute Gasteiger partial charge is 0.164 e. The van der Waals surface area contributed by atoms with Crippen LogP contribution in [0.2, 0.25) is 0 Å². The molecule has 142 valence electrons. The van der Waals surface area contributed by atoms with Crippen molar-refractivity contribution in [2.45, 2.75) is 44.2 Å². The van der Waals surface area contributed by atoms with Crippen LogP contribution in [0.25, 0.3) is 0 Å². The van der Waals surface area contributed by atoms with Crippen LogP contribution < -0.4 is 0 Å². The van der Waals surface area contributed by atoms with Gasteiger partial charge in [-0.1, -0.05) is 29.8 Å². The summed E-state index contributed by atoms with van der Waals surface area (Å²) in [5.41, 5.74) is 1.96. The van der Waals surface area contributed by atoms with Gasteiger partial charge in [-0.05, 0) is 60.7 Å². The lowest BCUT2D eigenvalue weighted by Crippen LogP contribution is -2.46. The first-order valence-corrected chi connectivity index (χ1v) is 10.3. The fraction of sp³-hybridized carbons (Fsp3) is 0.550. The number of allylic oxidation sites excluding steroid dienone is 7. The first kappa shape index (κ1) is 20.0.